The van der Waals surface area contributed by atoms with Gasteiger partial charge >= 0.3 is 0 Å². The molecule has 0 radical (unpaired) electrons. The number of aromatic nitrogens is 5. The smallest absolute Gasteiger partial charge is 0.239 e. The van der Waals surface area contributed by atoms with Crippen LogP contribution in [0, 0.1) is 11.3 Å². The molecule has 2 aromatic heterocycles. The first-order chi connectivity index (χ1) is 10.8. The summed E-state index contributed by atoms with van der Waals surface area (Å²) in [6.07, 6.45) is 0.772. The lowest BCUT2D eigenvalue weighted by atomic mass is 10.0. The van der Waals surface area contributed by atoms with Crippen molar-refractivity contribution in [3.8, 4) is 12.0 Å². The highest BCUT2D eigenvalue weighted by molar-refractivity contribution is 5.26. The molecule has 108 valence electrons. The molecule has 2 atom stereocenters. The van der Waals surface area contributed by atoms with Gasteiger partial charge in [-0.05, 0) is 11.6 Å². The van der Waals surface area contributed by atoms with Crippen LogP contribution in [0.5, 0.6) is 0 Å². The highest BCUT2D eigenvalue weighted by atomic mass is 19.1. The van der Waals surface area contributed by atoms with Crippen LogP contribution >= 0.6 is 0 Å². The first-order valence-electron chi connectivity index (χ1n) is 6.88. The van der Waals surface area contributed by atoms with Gasteiger partial charge in [-0.15, -0.1) is 5.10 Å². The molecular formula is C15H11FN6. The van der Waals surface area contributed by atoms with Crippen LogP contribution in [0.15, 0.2) is 42.6 Å². The molecule has 0 saturated heterocycles. The summed E-state index contributed by atoms with van der Waals surface area (Å²) >= 11 is 0. The SMILES string of the molecule is N#Cc1ccn(-c2nc3n(n2)C(c2ccccc2)CC3F)n1. The average molecular weight is 294 g/mol. The maximum absolute atomic E-state index is 14.2. The molecule has 0 aliphatic carbocycles. The molecule has 3 aromatic rings. The maximum atomic E-state index is 14.2. The Morgan fingerprint density at radius 1 is 1.18 bits per heavy atom. The van der Waals surface area contributed by atoms with Crippen molar-refractivity contribution in [3.05, 3.63) is 59.7 Å². The van der Waals surface area contributed by atoms with Gasteiger partial charge < -0.3 is 0 Å². The van der Waals surface area contributed by atoms with Crippen molar-refractivity contribution in [1.82, 2.24) is 24.5 Å². The number of fused-ring (bicyclic) bond motifs is 1. The fraction of sp³-hybridized carbons (Fsp3) is 0.200. The van der Waals surface area contributed by atoms with Gasteiger partial charge in [-0.25, -0.2) is 13.8 Å². The van der Waals surface area contributed by atoms with Crippen LogP contribution in [0.2, 0.25) is 0 Å². The van der Waals surface area contributed by atoms with Gasteiger partial charge in [0.25, 0.3) is 5.95 Å². The number of alkyl halides is 1. The first kappa shape index (κ1) is 12.7. The van der Waals surface area contributed by atoms with E-state index in [0.29, 0.717) is 12.2 Å². The van der Waals surface area contributed by atoms with Gasteiger partial charge in [0.2, 0.25) is 0 Å². The Balaban J connectivity index is 1.76. The number of rotatable bonds is 2. The van der Waals surface area contributed by atoms with Crippen molar-refractivity contribution in [2.24, 2.45) is 0 Å². The molecule has 4 rings (SSSR count). The summed E-state index contributed by atoms with van der Waals surface area (Å²) in [5.41, 5.74) is 1.27. The van der Waals surface area contributed by atoms with E-state index in [1.807, 2.05) is 36.4 Å². The summed E-state index contributed by atoms with van der Waals surface area (Å²) in [5.74, 6) is 0.581. The molecule has 2 unspecified atom stereocenters. The van der Waals surface area contributed by atoms with Crippen LogP contribution in [-0.4, -0.2) is 24.5 Å². The van der Waals surface area contributed by atoms with E-state index in [2.05, 4.69) is 15.2 Å². The molecule has 0 N–H and O–H groups in total. The molecular weight excluding hydrogens is 283 g/mol. The normalized spacial score (nSPS) is 19.8. The van der Waals surface area contributed by atoms with E-state index in [9.17, 15) is 4.39 Å². The maximum Gasteiger partial charge on any atom is 0.269 e. The zero-order valence-electron chi connectivity index (χ0n) is 11.5. The minimum atomic E-state index is -1.16. The van der Waals surface area contributed by atoms with Gasteiger partial charge in [-0.3, -0.25) is 0 Å². The lowest BCUT2D eigenvalue weighted by Crippen LogP contribution is -2.08. The second-order valence-corrected chi connectivity index (χ2v) is 5.10. The van der Waals surface area contributed by atoms with E-state index >= 15 is 0 Å². The standard InChI is InChI=1S/C15H11FN6/c16-12-8-13(10-4-2-1-3-5-10)22-14(12)18-15(20-22)21-7-6-11(9-17)19-21/h1-7,12-13H,8H2. The van der Waals surface area contributed by atoms with Crippen molar-refractivity contribution in [2.45, 2.75) is 18.6 Å². The molecule has 6 nitrogen and oxygen atoms in total. The van der Waals surface area contributed by atoms with E-state index in [1.165, 1.54) is 4.68 Å². The van der Waals surface area contributed by atoms with Crippen LogP contribution in [0.3, 0.4) is 0 Å². The van der Waals surface area contributed by atoms with Crippen LogP contribution in [-0.2, 0) is 0 Å². The van der Waals surface area contributed by atoms with Crippen molar-refractivity contribution >= 4 is 0 Å². The summed E-state index contributed by atoms with van der Waals surface area (Å²) in [5, 5.41) is 17.2. The molecule has 0 spiro atoms. The van der Waals surface area contributed by atoms with Crippen LogP contribution < -0.4 is 0 Å². The quantitative estimate of drug-likeness (QED) is 0.727. The number of halogens is 1. The molecule has 1 aliphatic rings. The van der Waals surface area contributed by atoms with E-state index in [4.69, 9.17) is 5.26 Å². The Kier molecular flexibility index (Phi) is 2.76. The summed E-state index contributed by atoms with van der Waals surface area (Å²) in [6, 6.07) is 13.0. The van der Waals surface area contributed by atoms with Gasteiger partial charge in [0, 0.05) is 12.6 Å². The zero-order valence-corrected chi connectivity index (χ0v) is 11.5. The summed E-state index contributed by atoms with van der Waals surface area (Å²) < 4.78 is 17.2. The number of hydrogen-bond donors (Lipinski definition) is 0. The topological polar surface area (TPSA) is 72.3 Å². The second kappa shape index (κ2) is 4.77. The number of hydrogen-bond acceptors (Lipinski definition) is 4. The van der Waals surface area contributed by atoms with Crippen molar-refractivity contribution in [1.29, 1.82) is 5.26 Å². The van der Waals surface area contributed by atoms with Gasteiger partial charge in [-0.1, -0.05) is 30.3 Å². The number of benzene rings is 1. The van der Waals surface area contributed by atoms with Crippen LogP contribution in [0.4, 0.5) is 4.39 Å². The van der Waals surface area contributed by atoms with E-state index in [0.717, 1.165) is 5.56 Å². The molecule has 22 heavy (non-hydrogen) atoms. The third-order valence-corrected chi connectivity index (χ3v) is 3.74. The Hall–Kier alpha value is -3.01. The minimum absolute atomic E-state index is 0.168. The summed E-state index contributed by atoms with van der Waals surface area (Å²) in [6.45, 7) is 0. The highest BCUT2D eigenvalue weighted by Crippen LogP contribution is 2.39. The average Bonchev–Trinajstić information content (AvgIpc) is 3.24. The monoisotopic (exact) mass is 294 g/mol. The van der Waals surface area contributed by atoms with Gasteiger partial charge in [0.1, 0.15) is 6.07 Å². The van der Waals surface area contributed by atoms with Crippen LogP contribution in [0.1, 0.15) is 35.7 Å². The highest BCUT2D eigenvalue weighted by Gasteiger charge is 2.35. The van der Waals surface area contributed by atoms with Crippen molar-refractivity contribution < 1.29 is 4.39 Å². The Labute approximate surface area is 125 Å². The predicted octanol–water partition coefficient (Wildman–Crippen LogP) is 2.34. The molecule has 7 heteroatoms. The summed E-state index contributed by atoms with van der Waals surface area (Å²) in [4.78, 5) is 4.23. The Morgan fingerprint density at radius 2 is 2.00 bits per heavy atom. The lowest BCUT2D eigenvalue weighted by molar-refractivity contribution is 0.328. The fourth-order valence-electron chi connectivity index (χ4n) is 2.71. The van der Waals surface area contributed by atoms with Gasteiger partial charge in [-0.2, -0.15) is 15.3 Å². The Bertz CT molecular complexity index is 860. The van der Waals surface area contributed by atoms with Gasteiger partial charge in [0.15, 0.2) is 17.7 Å². The molecule has 1 aliphatic heterocycles. The molecule has 0 saturated carbocycles. The van der Waals surface area contributed by atoms with Gasteiger partial charge in [0.05, 0.1) is 6.04 Å². The zero-order chi connectivity index (χ0) is 15.1. The lowest BCUT2D eigenvalue weighted by Gasteiger charge is -2.11. The third-order valence-electron chi connectivity index (χ3n) is 3.74. The molecule has 1 aromatic carbocycles. The summed E-state index contributed by atoms with van der Waals surface area (Å²) in [7, 11) is 0. The second-order valence-electron chi connectivity index (χ2n) is 5.10. The fourth-order valence-corrected chi connectivity index (χ4v) is 2.71. The van der Waals surface area contributed by atoms with E-state index < -0.39 is 6.17 Å². The largest absolute Gasteiger partial charge is 0.269 e. The molecule has 0 bridgehead atoms. The molecule has 0 fully saturated rings. The third kappa shape index (κ3) is 1.89. The van der Waals surface area contributed by atoms with E-state index in [1.54, 1.807) is 16.9 Å². The van der Waals surface area contributed by atoms with Crippen molar-refractivity contribution in [2.75, 3.05) is 0 Å². The first-order valence-corrected chi connectivity index (χ1v) is 6.88. The van der Waals surface area contributed by atoms with Crippen molar-refractivity contribution in [3.63, 3.8) is 0 Å². The van der Waals surface area contributed by atoms with E-state index in [-0.39, 0.29) is 17.7 Å². The van der Waals surface area contributed by atoms with Crippen LogP contribution in [0.25, 0.3) is 5.95 Å². The number of nitriles is 1. The molecule has 0 amide bonds. The predicted molar refractivity (Wildman–Crippen MR) is 74.9 cm³/mol. The molecule has 3 heterocycles. The Morgan fingerprint density at radius 3 is 2.73 bits per heavy atom. The number of nitrogens with zero attached hydrogens (tertiary/aromatic N) is 6. The minimum Gasteiger partial charge on any atom is -0.239 e.